The van der Waals surface area contributed by atoms with Crippen LogP contribution in [0.1, 0.15) is 5.56 Å². The number of para-hydroxylation sites is 1. The zero-order valence-corrected chi connectivity index (χ0v) is 21.6. The van der Waals surface area contributed by atoms with Crippen molar-refractivity contribution in [3.63, 3.8) is 0 Å². The van der Waals surface area contributed by atoms with Gasteiger partial charge in [-0.3, -0.25) is 4.79 Å². The van der Waals surface area contributed by atoms with Gasteiger partial charge in [-0.05, 0) is 81.8 Å². The lowest BCUT2D eigenvalue weighted by atomic mass is 10.2. The first kappa shape index (κ1) is 24.8. The molecule has 8 nitrogen and oxygen atoms in total. The molecule has 0 spiro atoms. The van der Waals surface area contributed by atoms with E-state index in [0.717, 1.165) is 17.1 Å². The first-order valence-electron chi connectivity index (χ1n) is 10.3. The minimum absolute atomic E-state index is 0.00576. The van der Waals surface area contributed by atoms with Gasteiger partial charge in [0.15, 0.2) is 11.5 Å². The zero-order valence-electron chi connectivity index (χ0n) is 18.4. The van der Waals surface area contributed by atoms with Crippen molar-refractivity contribution in [2.75, 3.05) is 12.9 Å². The molecule has 0 unspecified atom stereocenters. The number of thioether (sulfide) groups is 1. The Morgan fingerprint density at radius 1 is 1.26 bits per heavy atom. The molecule has 35 heavy (non-hydrogen) atoms. The second kappa shape index (κ2) is 11.4. The lowest BCUT2D eigenvalue weighted by Gasteiger charge is -2.06. The highest BCUT2D eigenvalue weighted by atomic mass is 79.9. The van der Waals surface area contributed by atoms with E-state index < -0.39 is 0 Å². The maximum absolute atomic E-state index is 12.4. The number of nitrogens with one attached hydrogen (secondary N) is 2. The topological polar surface area (TPSA) is 103 Å². The molecule has 0 fully saturated rings. The number of aromatic nitrogens is 3. The van der Waals surface area contributed by atoms with Crippen molar-refractivity contribution < 1.29 is 19.2 Å². The van der Waals surface area contributed by atoms with Crippen molar-refractivity contribution >= 4 is 51.4 Å². The van der Waals surface area contributed by atoms with Crippen LogP contribution >= 0.6 is 39.3 Å². The molecule has 0 radical (unpaired) electrons. The van der Waals surface area contributed by atoms with E-state index in [9.17, 15) is 9.90 Å². The summed E-state index contributed by atoms with van der Waals surface area (Å²) in [6.45, 7) is 0. The van der Waals surface area contributed by atoms with Gasteiger partial charge in [0.05, 0.1) is 34.2 Å². The van der Waals surface area contributed by atoms with Crippen LogP contribution < -0.4 is 14.7 Å². The van der Waals surface area contributed by atoms with Crippen molar-refractivity contribution in [1.29, 1.82) is 0 Å². The molecule has 1 amide bonds. The predicted octanol–water partition coefficient (Wildman–Crippen LogP) is 4.73. The van der Waals surface area contributed by atoms with Crippen LogP contribution in [0, 0.1) is 0 Å². The second-order valence-electron chi connectivity index (χ2n) is 7.17. The predicted molar refractivity (Wildman–Crippen MR) is 139 cm³/mol. The number of benzene rings is 3. The number of hydrogen-bond donors (Lipinski definition) is 3. The monoisotopic (exact) mass is 572 g/mol. The van der Waals surface area contributed by atoms with Crippen molar-refractivity contribution in [3.8, 4) is 28.6 Å². The van der Waals surface area contributed by atoms with Crippen molar-refractivity contribution in [1.82, 2.24) is 15.6 Å². The first-order chi connectivity index (χ1) is 17.0. The number of phenols is 1. The van der Waals surface area contributed by atoms with E-state index in [-0.39, 0.29) is 17.4 Å². The van der Waals surface area contributed by atoms with Gasteiger partial charge in [-0.25, -0.2) is 5.43 Å². The summed E-state index contributed by atoms with van der Waals surface area (Å²) in [5.41, 5.74) is 4.95. The molecule has 3 aromatic carbocycles. The summed E-state index contributed by atoms with van der Waals surface area (Å²) in [7, 11) is 1.45. The number of hydrazone groups is 1. The number of amides is 1. The number of carbonyl (C=O) groups is 1. The number of H-pyrrole nitrogens is 1. The Morgan fingerprint density at radius 3 is 2.71 bits per heavy atom. The van der Waals surface area contributed by atoms with Crippen LogP contribution in [0.3, 0.4) is 0 Å². The molecule has 0 saturated heterocycles. The normalized spacial score (nSPS) is 11.1. The van der Waals surface area contributed by atoms with Crippen LogP contribution in [0.4, 0.5) is 0 Å². The minimum Gasteiger partial charge on any atom is -0.503 e. The lowest BCUT2D eigenvalue weighted by Crippen LogP contribution is -2.34. The quantitative estimate of drug-likeness (QED) is 0.122. The molecule has 0 bridgehead atoms. The van der Waals surface area contributed by atoms with Crippen molar-refractivity contribution in [2.24, 2.45) is 5.10 Å². The van der Waals surface area contributed by atoms with E-state index in [1.54, 1.807) is 12.1 Å². The number of aromatic hydroxyl groups is 1. The molecule has 1 aromatic heterocycles. The highest BCUT2D eigenvalue weighted by Gasteiger charge is 2.24. The number of phenolic OH excluding ortho intramolecular Hbond substituents is 1. The number of rotatable bonds is 8. The Labute approximate surface area is 219 Å². The van der Waals surface area contributed by atoms with Crippen LogP contribution in [0.2, 0.25) is 5.02 Å². The van der Waals surface area contributed by atoms with Crippen LogP contribution in [-0.4, -0.2) is 40.3 Å². The fourth-order valence-corrected chi connectivity index (χ4v) is 4.52. The SMILES string of the molecule is COc1cc(/C=N/NC(=O)CSc2n[nH]c(-c3ccc(Cl)cc3)[n+]2-c2ccccc2)cc(Br)c1O. The van der Waals surface area contributed by atoms with Crippen LogP contribution in [0.5, 0.6) is 11.5 Å². The number of methoxy groups -OCH3 is 1. The van der Waals surface area contributed by atoms with E-state index >= 15 is 0 Å². The fourth-order valence-electron chi connectivity index (χ4n) is 3.18. The number of aromatic amines is 1. The molecule has 4 aromatic rings. The van der Waals surface area contributed by atoms with E-state index in [1.165, 1.54) is 25.1 Å². The number of nitrogens with zero attached hydrogens (tertiary/aromatic N) is 3. The maximum atomic E-state index is 12.4. The van der Waals surface area contributed by atoms with Crippen molar-refractivity contribution in [3.05, 3.63) is 81.8 Å². The fraction of sp³-hybridized carbons (Fsp3) is 0.0833. The van der Waals surface area contributed by atoms with E-state index in [1.807, 2.05) is 59.2 Å². The lowest BCUT2D eigenvalue weighted by molar-refractivity contribution is -0.625. The van der Waals surface area contributed by atoms with Crippen LogP contribution in [-0.2, 0) is 4.79 Å². The smallest absolute Gasteiger partial charge is 0.342 e. The molecule has 0 aliphatic rings. The number of hydrogen-bond acceptors (Lipinski definition) is 6. The van der Waals surface area contributed by atoms with Gasteiger partial charge < -0.3 is 9.84 Å². The summed E-state index contributed by atoms with van der Waals surface area (Å²) >= 11 is 10.6. The number of carbonyl (C=O) groups excluding carboxylic acids is 1. The summed E-state index contributed by atoms with van der Waals surface area (Å²) in [6.07, 6.45) is 1.46. The van der Waals surface area contributed by atoms with Gasteiger partial charge >= 0.3 is 5.16 Å². The average molecular weight is 574 g/mol. The van der Waals surface area contributed by atoms with E-state index in [2.05, 4.69) is 36.7 Å². The summed E-state index contributed by atoms with van der Waals surface area (Å²) in [6, 6.07) is 20.4. The van der Waals surface area contributed by atoms with Gasteiger partial charge in [-0.15, -0.1) is 5.10 Å². The minimum atomic E-state index is -0.299. The van der Waals surface area contributed by atoms with E-state index in [4.69, 9.17) is 16.3 Å². The number of halogens is 2. The Hall–Kier alpha value is -3.34. The van der Waals surface area contributed by atoms with Gasteiger partial charge in [-0.2, -0.15) is 9.67 Å². The molecular formula is C24H20BrClN5O3S+. The third-order valence-electron chi connectivity index (χ3n) is 4.81. The maximum Gasteiger partial charge on any atom is 0.342 e. The van der Waals surface area contributed by atoms with Crippen LogP contribution in [0.15, 0.2) is 81.5 Å². The molecule has 0 saturated carbocycles. The van der Waals surface area contributed by atoms with Gasteiger partial charge in [0.1, 0.15) is 5.69 Å². The summed E-state index contributed by atoms with van der Waals surface area (Å²) < 4.78 is 7.53. The highest BCUT2D eigenvalue weighted by Crippen LogP contribution is 2.34. The molecule has 178 valence electrons. The summed E-state index contributed by atoms with van der Waals surface area (Å²) in [4.78, 5) is 12.4. The molecule has 4 rings (SSSR count). The van der Waals surface area contributed by atoms with Gasteiger partial charge in [0.2, 0.25) is 0 Å². The molecule has 0 aliphatic carbocycles. The molecule has 3 N–H and O–H groups in total. The summed E-state index contributed by atoms with van der Waals surface area (Å²) in [5.74, 6) is 0.849. The van der Waals surface area contributed by atoms with Gasteiger partial charge in [0.25, 0.3) is 11.7 Å². The standard InChI is InChI=1S/C24H19BrClN5O3S/c1-34-20-12-15(11-19(25)22(20)33)13-27-28-21(32)14-35-24-30-29-23(16-7-9-17(26)10-8-16)31(24)18-5-3-2-4-6-18/h2-13H,14H2,1H3,(H2,27,28,32,33)/p+1. The second-order valence-corrected chi connectivity index (χ2v) is 9.40. The third-order valence-corrected chi connectivity index (χ3v) is 6.61. The van der Waals surface area contributed by atoms with Gasteiger partial charge in [-0.1, -0.05) is 29.8 Å². The highest BCUT2D eigenvalue weighted by molar-refractivity contribution is 9.10. The number of ether oxygens (including phenoxy) is 1. The average Bonchev–Trinajstić information content (AvgIpc) is 3.29. The molecule has 1 heterocycles. The Bertz CT molecular complexity index is 1360. The van der Waals surface area contributed by atoms with Crippen LogP contribution in [0.25, 0.3) is 17.1 Å². The molecular weight excluding hydrogens is 554 g/mol. The summed E-state index contributed by atoms with van der Waals surface area (Å²) in [5, 5.41) is 22.7. The third kappa shape index (κ3) is 6.02. The molecule has 0 atom stereocenters. The molecule has 0 aliphatic heterocycles. The van der Waals surface area contributed by atoms with Crippen molar-refractivity contribution in [2.45, 2.75) is 5.16 Å². The van der Waals surface area contributed by atoms with Gasteiger partial charge in [0, 0.05) is 5.02 Å². The Kier molecular flexibility index (Phi) is 8.06. The van der Waals surface area contributed by atoms with E-state index in [0.29, 0.717) is 26.0 Å². The first-order valence-corrected chi connectivity index (χ1v) is 12.4. The zero-order chi connectivity index (χ0) is 24.8. The Balaban J connectivity index is 1.48. The molecule has 11 heteroatoms. The largest absolute Gasteiger partial charge is 0.503 e. The Morgan fingerprint density at radius 2 is 2.00 bits per heavy atom.